The first-order chi connectivity index (χ1) is 20.2. The number of aliphatic hydroxyl groups is 4. The normalized spacial score (nSPS) is 28.8. The van der Waals surface area contributed by atoms with Gasteiger partial charge in [0.15, 0.2) is 23.0 Å². The molecule has 0 aromatic heterocycles. The van der Waals surface area contributed by atoms with Crippen molar-refractivity contribution in [1.82, 2.24) is 4.90 Å². The Labute approximate surface area is 242 Å². The zero-order valence-electron chi connectivity index (χ0n) is 23.0. The number of ether oxygens (including phenoxy) is 3. The first-order valence-corrected chi connectivity index (χ1v) is 13.9. The van der Waals surface area contributed by atoms with Crippen molar-refractivity contribution < 1.29 is 50.0 Å². The molecule has 0 bridgehead atoms. The number of benzene rings is 3. The largest absolute Gasteiger partial charge is 0.508 e. The molecule has 3 aliphatic heterocycles. The molecule has 7 N–H and O–H groups in total. The van der Waals surface area contributed by atoms with Crippen LogP contribution in [0.1, 0.15) is 39.9 Å². The van der Waals surface area contributed by atoms with Gasteiger partial charge in [-0.15, -0.1) is 0 Å². The van der Waals surface area contributed by atoms with Gasteiger partial charge in [0, 0.05) is 18.6 Å². The second-order valence-corrected chi connectivity index (χ2v) is 11.2. The third kappa shape index (κ3) is 5.02. The third-order valence-corrected chi connectivity index (χ3v) is 8.69. The van der Waals surface area contributed by atoms with Gasteiger partial charge in [0.2, 0.25) is 6.29 Å². The average Bonchev–Trinajstić information content (AvgIpc) is 2.98. The van der Waals surface area contributed by atoms with Crippen LogP contribution in [0.4, 0.5) is 0 Å². The van der Waals surface area contributed by atoms with E-state index in [-0.39, 0.29) is 35.1 Å². The van der Waals surface area contributed by atoms with E-state index in [1.54, 1.807) is 30.3 Å². The van der Waals surface area contributed by atoms with Crippen molar-refractivity contribution in [2.45, 2.75) is 62.1 Å². The molecule has 0 radical (unpaired) electrons. The smallest absolute Gasteiger partial charge is 0.229 e. The van der Waals surface area contributed by atoms with Gasteiger partial charge in [-0.25, -0.2) is 0 Å². The van der Waals surface area contributed by atoms with Crippen molar-refractivity contribution in [1.29, 1.82) is 0 Å². The molecule has 1 saturated heterocycles. The Morgan fingerprint density at radius 2 is 1.60 bits per heavy atom. The van der Waals surface area contributed by atoms with E-state index in [1.807, 2.05) is 18.2 Å². The Bertz CT molecular complexity index is 1440. The van der Waals surface area contributed by atoms with E-state index in [0.717, 1.165) is 40.8 Å². The van der Waals surface area contributed by atoms with E-state index in [4.69, 9.17) is 14.2 Å². The summed E-state index contributed by atoms with van der Waals surface area (Å²) in [7, 11) is 1.52. The minimum Gasteiger partial charge on any atom is -0.508 e. The second-order valence-electron chi connectivity index (χ2n) is 11.2. The highest BCUT2D eigenvalue weighted by Gasteiger charge is 2.45. The van der Waals surface area contributed by atoms with E-state index in [1.165, 1.54) is 7.11 Å². The second kappa shape index (κ2) is 11.3. The van der Waals surface area contributed by atoms with Crippen LogP contribution >= 0.6 is 0 Å². The summed E-state index contributed by atoms with van der Waals surface area (Å²) in [4.78, 5) is 2.36. The lowest BCUT2D eigenvalue weighted by atomic mass is 9.79. The molecule has 0 saturated carbocycles. The van der Waals surface area contributed by atoms with Gasteiger partial charge in [-0.2, -0.15) is 0 Å². The van der Waals surface area contributed by atoms with Crippen molar-refractivity contribution in [3.05, 3.63) is 76.3 Å². The molecule has 0 spiro atoms. The summed E-state index contributed by atoms with van der Waals surface area (Å²) in [5.41, 5.74) is 4.82. The van der Waals surface area contributed by atoms with E-state index < -0.39 is 37.3 Å². The van der Waals surface area contributed by atoms with Crippen LogP contribution in [0.2, 0.25) is 0 Å². The average molecular weight is 582 g/mol. The number of methoxy groups -OCH3 is 1. The SMILES string of the molecule is COc1cc2c(cc1O)[C@H]1Cc3cc(O)c(O[C@@H]4O[C@H](CO)[C@@H](O)[C@H](O)[C@H]4O)cc3[C@H](Cc3ccc(O)cc3)N1CC2. The third-order valence-electron chi connectivity index (χ3n) is 8.69. The molecular formula is C31H35NO10. The lowest BCUT2D eigenvalue weighted by Gasteiger charge is -2.47. The Hall–Kier alpha value is -3.58. The number of phenols is 3. The van der Waals surface area contributed by atoms with Crippen molar-refractivity contribution in [2.75, 3.05) is 20.3 Å². The highest BCUT2D eigenvalue weighted by atomic mass is 16.7. The van der Waals surface area contributed by atoms with Gasteiger partial charge in [-0.05, 0) is 83.5 Å². The van der Waals surface area contributed by atoms with Gasteiger partial charge in [-0.3, -0.25) is 4.90 Å². The molecule has 3 heterocycles. The van der Waals surface area contributed by atoms with E-state index in [9.17, 15) is 35.7 Å². The van der Waals surface area contributed by atoms with Crippen LogP contribution in [-0.2, 0) is 24.0 Å². The van der Waals surface area contributed by atoms with Crippen LogP contribution in [0.25, 0.3) is 0 Å². The zero-order valence-corrected chi connectivity index (χ0v) is 23.0. The van der Waals surface area contributed by atoms with Gasteiger partial charge in [-0.1, -0.05) is 12.1 Å². The van der Waals surface area contributed by atoms with Crippen molar-refractivity contribution in [2.24, 2.45) is 0 Å². The standard InChI is InChI=1S/C31H35NO10/c1-40-25-11-16-6-7-32-21(8-15-2-4-18(34)5-3-15)20-13-26(41-31-30(39)29(38)28(37)27(14-33)42-31)23(35)10-17(20)9-22(32)19(16)12-24(25)36/h2-5,10-13,21-22,27-31,33-39H,6-9,14H2,1H3/t21-,22+,27+,28+,29-,30+,31+/m0/s1. The molecule has 11 heteroatoms. The topological polar surface area (TPSA) is 173 Å². The molecule has 7 atom stereocenters. The summed E-state index contributed by atoms with van der Waals surface area (Å²) in [5.74, 6) is 0.470. The van der Waals surface area contributed by atoms with Gasteiger partial charge in [0.05, 0.1) is 13.7 Å². The number of nitrogens with zero attached hydrogens (tertiary/aromatic N) is 1. The Kier molecular flexibility index (Phi) is 7.64. The van der Waals surface area contributed by atoms with Crippen LogP contribution in [0, 0.1) is 0 Å². The predicted molar refractivity (Wildman–Crippen MR) is 149 cm³/mol. The molecule has 6 rings (SSSR count). The van der Waals surface area contributed by atoms with Crippen molar-refractivity contribution in [3.63, 3.8) is 0 Å². The van der Waals surface area contributed by atoms with Crippen LogP contribution in [0.15, 0.2) is 48.5 Å². The minimum atomic E-state index is -1.63. The van der Waals surface area contributed by atoms with Crippen LogP contribution in [0.3, 0.4) is 0 Å². The molecule has 3 aromatic carbocycles. The Balaban J connectivity index is 1.39. The van der Waals surface area contributed by atoms with Crippen LogP contribution in [0.5, 0.6) is 28.7 Å². The lowest BCUT2D eigenvalue weighted by molar-refractivity contribution is -0.277. The molecule has 0 aliphatic carbocycles. The summed E-state index contributed by atoms with van der Waals surface area (Å²) in [5, 5.41) is 71.8. The maximum Gasteiger partial charge on any atom is 0.229 e. The lowest BCUT2D eigenvalue weighted by Crippen LogP contribution is -2.60. The first kappa shape index (κ1) is 28.5. The maximum absolute atomic E-state index is 11.0. The summed E-state index contributed by atoms with van der Waals surface area (Å²) in [6.07, 6.45) is -5.52. The monoisotopic (exact) mass is 581 g/mol. The minimum absolute atomic E-state index is 0.0204. The molecule has 0 unspecified atom stereocenters. The summed E-state index contributed by atoms with van der Waals surface area (Å²) in [6.45, 7) is 0.118. The molecule has 11 nitrogen and oxygen atoms in total. The molecule has 3 aromatic rings. The number of hydrogen-bond acceptors (Lipinski definition) is 11. The quantitative estimate of drug-likeness (QED) is 0.225. The number of aliphatic hydroxyl groups excluding tert-OH is 4. The molecule has 0 amide bonds. The Morgan fingerprint density at radius 1 is 0.857 bits per heavy atom. The highest BCUT2D eigenvalue weighted by molar-refractivity contribution is 5.53. The number of fused-ring (bicyclic) bond motifs is 4. The maximum atomic E-state index is 11.0. The van der Waals surface area contributed by atoms with Gasteiger partial charge in [0.25, 0.3) is 0 Å². The van der Waals surface area contributed by atoms with Crippen LogP contribution < -0.4 is 9.47 Å². The van der Waals surface area contributed by atoms with E-state index >= 15 is 0 Å². The Morgan fingerprint density at radius 3 is 2.31 bits per heavy atom. The number of rotatable bonds is 6. The summed E-state index contributed by atoms with van der Waals surface area (Å²) >= 11 is 0. The zero-order chi connectivity index (χ0) is 29.7. The number of aromatic hydroxyl groups is 3. The van der Waals surface area contributed by atoms with E-state index in [2.05, 4.69) is 4.90 Å². The predicted octanol–water partition coefficient (Wildman–Crippen LogP) is 1.43. The first-order valence-electron chi connectivity index (χ1n) is 13.9. The number of hydrogen-bond donors (Lipinski definition) is 7. The summed E-state index contributed by atoms with van der Waals surface area (Å²) < 4.78 is 16.7. The fraction of sp³-hybridized carbons (Fsp3) is 0.419. The highest BCUT2D eigenvalue weighted by Crippen LogP contribution is 2.49. The summed E-state index contributed by atoms with van der Waals surface area (Å²) in [6, 6.07) is 13.7. The molecule has 1 fully saturated rings. The molecule has 3 aliphatic rings. The fourth-order valence-corrected chi connectivity index (χ4v) is 6.47. The molecule has 224 valence electrons. The van der Waals surface area contributed by atoms with E-state index in [0.29, 0.717) is 18.6 Å². The van der Waals surface area contributed by atoms with Crippen LogP contribution in [-0.4, -0.2) is 91.6 Å². The van der Waals surface area contributed by atoms with Crippen molar-refractivity contribution >= 4 is 0 Å². The van der Waals surface area contributed by atoms with Gasteiger partial charge >= 0.3 is 0 Å². The molecule has 42 heavy (non-hydrogen) atoms. The molecular weight excluding hydrogens is 546 g/mol. The van der Waals surface area contributed by atoms with Gasteiger partial charge in [0.1, 0.15) is 30.2 Å². The number of phenolic OH excluding ortho intramolecular Hbond substituents is 3. The van der Waals surface area contributed by atoms with Crippen molar-refractivity contribution in [3.8, 4) is 28.7 Å². The van der Waals surface area contributed by atoms with Gasteiger partial charge < -0.3 is 50.0 Å². The fourth-order valence-electron chi connectivity index (χ4n) is 6.47.